The molecule has 1 unspecified atom stereocenters. The smallest absolute Gasteiger partial charge is 0.257 e. The summed E-state index contributed by atoms with van der Waals surface area (Å²) in [7, 11) is 0. The van der Waals surface area contributed by atoms with E-state index >= 15 is 0 Å². The third kappa shape index (κ3) is 3.97. The number of carbonyl (C=O) groups excluding carboxylic acids is 1. The Hall–Kier alpha value is -3.18. The quantitative estimate of drug-likeness (QED) is 0.754. The second-order valence-electron chi connectivity index (χ2n) is 5.12. The summed E-state index contributed by atoms with van der Waals surface area (Å²) in [6.45, 7) is 0. The average Bonchev–Trinajstić information content (AvgIpc) is 2.63. The zero-order chi connectivity index (χ0) is 16.8. The minimum absolute atomic E-state index is 0.498. The van der Waals surface area contributed by atoms with E-state index in [1.807, 2.05) is 6.07 Å². The zero-order valence-electron chi connectivity index (χ0n) is 12.8. The van der Waals surface area contributed by atoms with Crippen LogP contribution in [-0.4, -0.2) is 16.0 Å². The first kappa shape index (κ1) is 15.7. The van der Waals surface area contributed by atoms with Crippen molar-refractivity contribution in [3.8, 4) is 11.5 Å². The topological polar surface area (TPSA) is 71.5 Å². The van der Waals surface area contributed by atoms with Gasteiger partial charge in [0.25, 0.3) is 5.91 Å². The number of nitrogens with one attached hydrogen (secondary N) is 1. The molecule has 0 saturated carbocycles. The summed E-state index contributed by atoms with van der Waals surface area (Å²) in [6, 6.07) is 19.2. The first-order chi connectivity index (χ1) is 11.7. The maximum absolute atomic E-state index is 12.2. The van der Waals surface area contributed by atoms with Crippen LogP contribution in [0.5, 0.6) is 11.5 Å². The summed E-state index contributed by atoms with van der Waals surface area (Å²) < 4.78 is 5.69. The summed E-state index contributed by atoms with van der Waals surface area (Å²) in [5.74, 6) is 0.730. The summed E-state index contributed by atoms with van der Waals surface area (Å²) >= 11 is 0. The van der Waals surface area contributed by atoms with Gasteiger partial charge in [-0.1, -0.05) is 36.4 Å². The molecule has 3 rings (SSSR count). The zero-order valence-corrected chi connectivity index (χ0v) is 12.8. The van der Waals surface area contributed by atoms with Crippen molar-refractivity contribution in [1.82, 2.24) is 4.98 Å². The number of aliphatic hydroxyl groups excluding tert-OH is 1. The maximum atomic E-state index is 12.2. The van der Waals surface area contributed by atoms with Crippen LogP contribution in [0.2, 0.25) is 0 Å². The highest BCUT2D eigenvalue weighted by Crippen LogP contribution is 2.24. The first-order valence-corrected chi connectivity index (χ1v) is 7.44. The van der Waals surface area contributed by atoms with Crippen molar-refractivity contribution in [3.63, 3.8) is 0 Å². The predicted molar refractivity (Wildman–Crippen MR) is 90.8 cm³/mol. The van der Waals surface area contributed by atoms with Gasteiger partial charge in [0.2, 0.25) is 0 Å². The lowest BCUT2D eigenvalue weighted by molar-refractivity contribution is -0.124. The lowest BCUT2D eigenvalue weighted by Gasteiger charge is -2.12. The highest BCUT2D eigenvalue weighted by molar-refractivity contribution is 5.94. The second-order valence-corrected chi connectivity index (χ2v) is 5.12. The molecule has 0 fully saturated rings. The highest BCUT2D eigenvalue weighted by atomic mass is 16.5. The molecule has 0 aliphatic heterocycles. The fourth-order valence-corrected chi connectivity index (χ4v) is 2.18. The molecule has 0 spiro atoms. The summed E-state index contributed by atoms with van der Waals surface area (Å²) in [4.78, 5) is 16.1. The molecule has 0 aliphatic carbocycles. The maximum Gasteiger partial charge on any atom is 0.257 e. The van der Waals surface area contributed by atoms with Crippen LogP contribution in [-0.2, 0) is 4.79 Å². The van der Waals surface area contributed by atoms with Crippen molar-refractivity contribution in [2.45, 2.75) is 6.10 Å². The Labute approximate surface area is 139 Å². The Kier molecular flexibility index (Phi) is 4.84. The molecular formula is C19H16N2O3. The molecule has 1 aromatic heterocycles. The van der Waals surface area contributed by atoms with Gasteiger partial charge in [-0.05, 0) is 29.8 Å². The van der Waals surface area contributed by atoms with E-state index in [4.69, 9.17) is 4.74 Å². The number of aliphatic hydroxyl groups is 1. The molecule has 3 aromatic rings. The minimum atomic E-state index is -1.23. The van der Waals surface area contributed by atoms with Gasteiger partial charge in [-0.15, -0.1) is 0 Å². The number of pyridine rings is 1. The van der Waals surface area contributed by atoms with Crippen LogP contribution in [0, 0.1) is 0 Å². The van der Waals surface area contributed by atoms with Crippen LogP contribution in [0.4, 0.5) is 5.69 Å². The van der Waals surface area contributed by atoms with Gasteiger partial charge in [0.05, 0.1) is 0 Å². The van der Waals surface area contributed by atoms with Crippen molar-refractivity contribution >= 4 is 11.6 Å². The highest BCUT2D eigenvalue weighted by Gasteiger charge is 2.17. The fourth-order valence-electron chi connectivity index (χ4n) is 2.18. The Morgan fingerprint density at radius 3 is 2.46 bits per heavy atom. The number of nitrogens with zero attached hydrogens (tertiary/aromatic N) is 1. The summed E-state index contributed by atoms with van der Waals surface area (Å²) in [6.07, 6.45) is 2.05. The Morgan fingerprint density at radius 1 is 0.958 bits per heavy atom. The Bertz CT molecular complexity index is 807. The lowest BCUT2D eigenvalue weighted by Crippen LogP contribution is -2.20. The van der Waals surface area contributed by atoms with Gasteiger partial charge in [0, 0.05) is 24.1 Å². The van der Waals surface area contributed by atoms with E-state index in [1.165, 1.54) is 0 Å². The second kappa shape index (κ2) is 7.39. The molecule has 0 radical (unpaired) electrons. The van der Waals surface area contributed by atoms with E-state index in [0.717, 1.165) is 0 Å². The number of hydrogen-bond acceptors (Lipinski definition) is 4. The van der Waals surface area contributed by atoms with Gasteiger partial charge in [-0.25, -0.2) is 0 Å². The van der Waals surface area contributed by atoms with Crippen LogP contribution >= 0.6 is 0 Å². The van der Waals surface area contributed by atoms with Gasteiger partial charge in [-0.3, -0.25) is 9.78 Å². The van der Waals surface area contributed by atoms with E-state index < -0.39 is 12.0 Å². The molecule has 0 saturated heterocycles. The Morgan fingerprint density at radius 2 is 1.71 bits per heavy atom. The number of carbonyl (C=O) groups is 1. The van der Waals surface area contributed by atoms with Crippen molar-refractivity contribution in [3.05, 3.63) is 84.7 Å². The van der Waals surface area contributed by atoms with Crippen molar-refractivity contribution in [2.24, 2.45) is 0 Å². The van der Waals surface area contributed by atoms with Crippen LogP contribution in [0.3, 0.4) is 0 Å². The van der Waals surface area contributed by atoms with E-state index in [-0.39, 0.29) is 0 Å². The molecule has 0 bridgehead atoms. The third-order valence-corrected chi connectivity index (χ3v) is 3.35. The molecule has 2 N–H and O–H groups in total. The standard InChI is InChI=1S/C19H16N2O3/c22-18(14-5-2-1-3-6-14)19(23)21-15-7-4-8-17(13-15)24-16-9-11-20-12-10-16/h1-13,18,22H,(H,21,23). The van der Waals surface area contributed by atoms with E-state index in [0.29, 0.717) is 22.7 Å². The van der Waals surface area contributed by atoms with Gasteiger partial charge in [0.1, 0.15) is 11.5 Å². The lowest BCUT2D eigenvalue weighted by atomic mass is 10.1. The van der Waals surface area contributed by atoms with Gasteiger partial charge < -0.3 is 15.2 Å². The molecular weight excluding hydrogens is 304 g/mol. The number of amides is 1. The van der Waals surface area contributed by atoms with Crippen LogP contribution in [0.15, 0.2) is 79.1 Å². The molecule has 0 aliphatic rings. The number of aromatic nitrogens is 1. The SMILES string of the molecule is O=C(Nc1cccc(Oc2ccncc2)c1)C(O)c1ccccc1. The number of rotatable bonds is 5. The number of benzene rings is 2. The van der Waals surface area contributed by atoms with Gasteiger partial charge in [-0.2, -0.15) is 0 Å². The van der Waals surface area contributed by atoms with Crippen molar-refractivity contribution in [2.75, 3.05) is 5.32 Å². The molecule has 5 heteroatoms. The summed E-state index contributed by atoms with van der Waals surface area (Å²) in [5.41, 5.74) is 1.08. The third-order valence-electron chi connectivity index (χ3n) is 3.35. The largest absolute Gasteiger partial charge is 0.457 e. The monoisotopic (exact) mass is 320 g/mol. The van der Waals surface area contributed by atoms with Crippen LogP contribution in [0.1, 0.15) is 11.7 Å². The summed E-state index contributed by atoms with van der Waals surface area (Å²) in [5, 5.41) is 12.8. The molecule has 5 nitrogen and oxygen atoms in total. The molecule has 1 atom stereocenters. The van der Waals surface area contributed by atoms with E-state index in [9.17, 15) is 9.90 Å². The van der Waals surface area contributed by atoms with Crippen molar-refractivity contribution in [1.29, 1.82) is 0 Å². The van der Waals surface area contributed by atoms with Gasteiger partial charge in [0.15, 0.2) is 6.10 Å². The average molecular weight is 320 g/mol. The molecule has 24 heavy (non-hydrogen) atoms. The molecule has 2 aromatic carbocycles. The van der Waals surface area contributed by atoms with Crippen LogP contribution in [0.25, 0.3) is 0 Å². The van der Waals surface area contributed by atoms with Crippen molar-refractivity contribution < 1.29 is 14.6 Å². The van der Waals surface area contributed by atoms with Crippen LogP contribution < -0.4 is 10.1 Å². The normalized spacial score (nSPS) is 11.5. The predicted octanol–water partition coefficient (Wildman–Crippen LogP) is 3.55. The van der Waals surface area contributed by atoms with E-state index in [1.54, 1.807) is 73.1 Å². The Balaban J connectivity index is 1.69. The van der Waals surface area contributed by atoms with E-state index in [2.05, 4.69) is 10.3 Å². The first-order valence-electron chi connectivity index (χ1n) is 7.44. The minimum Gasteiger partial charge on any atom is -0.457 e. The molecule has 1 heterocycles. The molecule has 1 amide bonds. The fraction of sp³-hybridized carbons (Fsp3) is 0.0526. The molecule has 120 valence electrons. The number of anilines is 1. The number of ether oxygens (including phenoxy) is 1. The van der Waals surface area contributed by atoms with Gasteiger partial charge >= 0.3 is 0 Å². The number of hydrogen-bond donors (Lipinski definition) is 2.